The molecule has 11 heteroatoms. The second-order valence-corrected chi connectivity index (χ2v) is 11.6. The van der Waals surface area contributed by atoms with Crippen LogP contribution in [0.5, 0.6) is 5.88 Å². The Labute approximate surface area is 221 Å². The lowest BCUT2D eigenvalue weighted by molar-refractivity contribution is -0.122. The number of nitrogens with one attached hydrogen (secondary N) is 1. The lowest BCUT2D eigenvalue weighted by Crippen LogP contribution is -2.40. The van der Waals surface area contributed by atoms with Crippen molar-refractivity contribution in [1.82, 2.24) is 19.3 Å². The average Bonchev–Trinajstić information content (AvgIpc) is 3.42. The molecule has 0 fully saturated rings. The summed E-state index contributed by atoms with van der Waals surface area (Å²) in [6, 6.07) is 15.9. The molecule has 4 N–H and O–H groups in total. The Morgan fingerprint density at radius 2 is 1.87 bits per heavy atom. The third kappa shape index (κ3) is 5.34. The fourth-order valence-corrected chi connectivity index (χ4v) is 6.38. The Hall–Kier alpha value is -3.96. The van der Waals surface area contributed by atoms with E-state index in [1.807, 2.05) is 18.2 Å². The summed E-state index contributed by atoms with van der Waals surface area (Å²) in [7, 11) is -2.45. The van der Waals surface area contributed by atoms with Gasteiger partial charge in [-0.3, -0.25) is 4.79 Å². The predicted molar refractivity (Wildman–Crippen MR) is 146 cm³/mol. The van der Waals surface area contributed by atoms with Crippen molar-refractivity contribution in [3.05, 3.63) is 65.9 Å². The molecule has 1 unspecified atom stereocenters. The first-order chi connectivity index (χ1) is 18.0. The molecular formula is C27H31N5O5S. The van der Waals surface area contributed by atoms with Gasteiger partial charge in [0.2, 0.25) is 21.9 Å². The molecule has 1 atom stereocenters. The number of aromatic nitrogens is 3. The van der Waals surface area contributed by atoms with E-state index in [9.17, 15) is 8.42 Å². The lowest BCUT2D eigenvalue weighted by Gasteiger charge is -2.21. The second-order valence-electron chi connectivity index (χ2n) is 9.99. The van der Waals surface area contributed by atoms with Crippen molar-refractivity contribution in [2.24, 2.45) is 0 Å². The highest BCUT2D eigenvalue weighted by Gasteiger charge is 2.28. The number of methoxy groups -OCH3 is 1. The summed E-state index contributed by atoms with van der Waals surface area (Å²) < 4.78 is 36.2. The maximum absolute atomic E-state index is 13.1. The third-order valence-electron chi connectivity index (χ3n) is 6.20. The largest absolute Gasteiger partial charge is 0.483 e. The minimum absolute atomic E-state index is 0.00902. The standard InChI is InChI=1S/C26H29N5O3S.CH2O2/c1-26(2,3)30-35(32,33)23-14-18(15-28-24(23)34-4)17-9-11-20-22(13-17)31(25(27)29-20)21-12-10-16-7-5-6-8-19(16)21;2-1-3/h5-9,11,13-15,21,30H,10,12H2,1-4H3,(H2,27,29);1H,(H,2,3). The molecule has 0 spiro atoms. The van der Waals surface area contributed by atoms with Gasteiger partial charge in [0.05, 0.1) is 24.2 Å². The Balaban J connectivity index is 0.00000107. The molecule has 10 nitrogen and oxygen atoms in total. The highest BCUT2D eigenvalue weighted by atomic mass is 32.2. The first kappa shape index (κ1) is 27.1. The number of ether oxygens (including phenoxy) is 1. The molecular weight excluding hydrogens is 506 g/mol. The summed E-state index contributed by atoms with van der Waals surface area (Å²) in [4.78, 5) is 17.2. The topological polar surface area (TPSA) is 149 Å². The van der Waals surface area contributed by atoms with Gasteiger partial charge in [0, 0.05) is 17.3 Å². The maximum atomic E-state index is 13.1. The molecule has 0 saturated carbocycles. The molecule has 38 heavy (non-hydrogen) atoms. The number of rotatable bonds is 5. The molecule has 1 aliphatic carbocycles. The van der Waals surface area contributed by atoms with E-state index in [0.717, 1.165) is 29.4 Å². The lowest BCUT2D eigenvalue weighted by atomic mass is 10.1. The van der Waals surface area contributed by atoms with Crippen LogP contribution in [0.4, 0.5) is 5.95 Å². The van der Waals surface area contributed by atoms with Gasteiger partial charge in [-0.15, -0.1) is 0 Å². The van der Waals surface area contributed by atoms with Crippen LogP contribution in [-0.2, 0) is 21.2 Å². The summed E-state index contributed by atoms with van der Waals surface area (Å²) in [5.41, 5.74) is 11.5. The molecule has 0 radical (unpaired) electrons. The van der Waals surface area contributed by atoms with Crippen LogP contribution in [-0.4, -0.2) is 47.2 Å². The van der Waals surface area contributed by atoms with Crippen molar-refractivity contribution in [2.45, 2.75) is 50.1 Å². The monoisotopic (exact) mass is 537 g/mol. The predicted octanol–water partition coefficient (Wildman–Crippen LogP) is 4.00. The molecule has 0 bridgehead atoms. The van der Waals surface area contributed by atoms with Crippen molar-refractivity contribution in [3.63, 3.8) is 0 Å². The van der Waals surface area contributed by atoms with Gasteiger partial charge in [0.25, 0.3) is 6.47 Å². The Bertz CT molecular complexity index is 1590. The molecule has 2 aromatic heterocycles. The minimum atomic E-state index is -3.86. The fraction of sp³-hybridized carbons (Fsp3) is 0.296. The molecule has 2 aromatic carbocycles. The van der Waals surface area contributed by atoms with Crippen LogP contribution in [0.15, 0.2) is 59.6 Å². The van der Waals surface area contributed by atoms with Crippen molar-refractivity contribution in [2.75, 3.05) is 12.8 Å². The van der Waals surface area contributed by atoms with Gasteiger partial charge in [-0.25, -0.2) is 23.1 Å². The quantitative estimate of drug-likeness (QED) is 0.323. The molecule has 1 aliphatic rings. The fourth-order valence-electron chi connectivity index (χ4n) is 4.82. The number of nitrogen functional groups attached to an aromatic ring is 1. The highest BCUT2D eigenvalue weighted by molar-refractivity contribution is 7.89. The third-order valence-corrected chi connectivity index (χ3v) is 7.96. The van der Waals surface area contributed by atoms with Gasteiger partial charge in [-0.2, -0.15) is 0 Å². The number of pyridine rings is 1. The van der Waals surface area contributed by atoms with Gasteiger partial charge in [0.1, 0.15) is 4.90 Å². The minimum Gasteiger partial charge on any atom is -0.483 e. The summed E-state index contributed by atoms with van der Waals surface area (Å²) in [6.07, 6.45) is 3.55. The number of aryl methyl sites for hydroxylation is 1. The van der Waals surface area contributed by atoms with Crippen LogP contribution in [0.3, 0.4) is 0 Å². The number of hydrogen-bond acceptors (Lipinski definition) is 7. The zero-order valence-corrected chi connectivity index (χ0v) is 22.5. The molecule has 0 amide bonds. The van der Waals surface area contributed by atoms with E-state index in [4.69, 9.17) is 20.4 Å². The van der Waals surface area contributed by atoms with Crippen LogP contribution in [0, 0.1) is 0 Å². The second kappa shape index (κ2) is 10.4. The average molecular weight is 538 g/mol. The number of hydrogen-bond donors (Lipinski definition) is 3. The molecule has 0 aliphatic heterocycles. The van der Waals surface area contributed by atoms with Crippen molar-refractivity contribution < 1.29 is 23.1 Å². The van der Waals surface area contributed by atoms with Crippen LogP contribution in [0.1, 0.15) is 44.4 Å². The molecule has 0 saturated heterocycles. The molecule has 2 heterocycles. The highest BCUT2D eigenvalue weighted by Crippen LogP contribution is 2.39. The van der Waals surface area contributed by atoms with Crippen LogP contribution in [0.2, 0.25) is 0 Å². The summed E-state index contributed by atoms with van der Waals surface area (Å²) in [6.45, 7) is 5.11. The number of carboxylic acid groups (broad SMARTS) is 1. The molecule has 4 aromatic rings. The van der Waals surface area contributed by atoms with Gasteiger partial charge in [-0.1, -0.05) is 30.3 Å². The van der Waals surface area contributed by atoms with E-state index in [-0.39, 0.29) is 23.3 Å². The number of anilines is 1. The summed E-state index contributed by atoms with van der Waals surface area (Å²) in [5.74, 6) is 0.507. The van der Waals surface area contributed by atoms with Crippen molar-refractivity contribution in [1.29, 1.82) is 0 Å². The molecule has 200 valence electrons. The van der Waals surface area contributed by atoms with Gasteiger partial charge >= 0.3 is 0 Å². The SMILES string of the molecule is COc1ncc(-c2ccc3nc(N)n(C4CCc5ccccc54)c3c2)cc1S(=O)(=O)NC(C)(C)C.O=CO. The van der Waals surface area contributed by atoms with Crippen molar-refractivity contribution >= 4 is 33.5 Å². The van der Waals surface area contributed by atoms with E-state index in [0.29, 0.717) is 11.5 Å². The number of nitrogens with zero attached hydrogens (tertiary/aromatic N) is 3. The first-order valence-electron chi connectivity index (χ1n) is 12.0. The van der Waals surface area contributed by atoms with Gasteiger partial charge in [0.15, 0.2) is 0 Å². The van der Waals surface area contributed by atoms with Crippen molar-refractivity contribution in [3.8, 4) is 17.0 Å². The van der Waals surface area contributed by atoms with E-state index >= 15 is 0 Å². The van der Waals surface area contributed by atoms with Gasteiger partial charge < -0.3 is 20.1 Å². The van der Waals surface area contributed by atoms with Crippen LogP contribution >= 0.6 is 0 Å². The summed E-state index contributed by atoms with van der Waals surface area (Å²) in [5, 5.41) is 6.89. The zero-order chi connectivity index (χ0) is 27.7. The number of benzene rings is 2. The van der Waals surface area contributed by atoms with E-state index in [1.165, 1.54) is 18.2 Å². The normalized spacial score (nSPS) is 15.0. The maximum Gasteiger partial charge on any atom is 0.290 e. The van der Waals surface area contributed by atoms with E-state index in [2.05, 4.69) is 43.5 Å². The summed E-state index contributed by atoms with van der Waals surface area (Å²) >= 11 is 0. The molecule has 5 rings (SSSR count). The number of fused-ring (bicyclic) bond motifs is 2. The number of sulfonamides is 1. The zero-order valence-electron chi connectivity index (χ0n) is 21.7. The van der Waals surface area contributed by atoms with Crippen LogP contribution < -0.4 is 15.2 Å². The Morgan fingerprint density at radius 3 is 2.55 bits per heavy atom. The number of imidazole rings is 1. The number of carbonyl (C=O) groups is 1. The first-order valence-corrected chi connectivity index (χ1v) is 13.5. The van der Waals surface area contributed by atoms with E-state index < -0.39 is 15.6 Å². The Kier molecular flexibility index (Phi) is 7.43. The van der Waals surface area contributed by atoms with E-state index in [1.54, 1.807) is 33.0 Å². The van der Waals surface area contributed by atoms with Gasteiger partial charge in [-0.05, 0) is 68.5 Å². The smallest absolute Gasteiger partial charge is 0.290 e. The van der Waals surface area contributed by atoms with Crippen LogP contribution in [0.25, 0.3) is 22.2 Å². The Morgan fingerprint density at radius 1 is 1.16 bits per heavy atom. The number of nitrogens with two attached hydrogens (primary N) is 1.